The van der Waals surface area contributed by atoms with E-state index < -0.39 is 10.2 Å². The number of anilines is 1. The molecule has 15 heavy (non-hydrogen) atoms. The van der Waals surface area contributed by atoms with Crippen LogP contribution in [0, 0.1) is 0 Å². The SMILES string of the molecule is CCCNS(=O)(=O)Nc1ccccc1O. The van der Waals surface area contributed by atoms with E-state index in [2.05, 4.69) is 9.44 Å². The summed E-state index contributed by atoms with van der Waals surface area (Å²) in [5.74, 6) is -0.0978. The molecule has 0 fully saturated rings. The first kappa shape index (κ1) is 11.8. The van der Waals surface area contributed by atoms with Crippen molar-refractivity contribution >= 4 is 15.9 Å². The monoisotopic (exact) mass is 230 g/mol. The first-order valence-electron chi connectivity index (χ1n) is 4.60. The number of phenolic OH excluding ortho intramolecular Hbond substituents is 1. The molecular weight excluding hydrogens is 216 g/mol. The molecule has 1 rings (SSSR count). The summed E-state index contributed by atoms with van der Waals surface area (Å²) in [6.07, 6.45) is 0.710. The van der Waals surface area contributed by atoms with Crippen molar-refractivity contribution in [2.45, 2.75) is 13.3 Å². The number of hydrogen-bond donors (Lipinski definition) is 3. The van der Waals surface area contributed by atoms with E-state index in [-0.39, 0.29) is 11.4 Å². The highest BCUT2D eigenvalue weighted by Crippen LogP contribution is 2.22. The lowest BCUT2D eigenvalue weighted by Gasteiger charge is -2.09. The average Bonchev–Trinajstić information content (AvgIpc) is 2.18. The maximum atomic E-state index is 11.4. The third-order valence-corrected chi connectivity index (χ3v) is 2.76. The molecule has 0 aliphatic rings. The van der Waals surface area contributed by atoms with Crippen molar-refractivity contribution in [3.8, 4) is 5.75 Å². The second kappa shape index (κ2) is 4.99. The Morgan fingerprint density at radius 2 is 2.00 bits per heavy atom. The second-order valence-electron chi connectivity index (χ2n) is 3.02. The van der Waals surface area contributed by atoms with Crippen molar-refractivity contribution in [2.24, 2.45) is 0 Å². The summed E-state index contributed by atoms with van der Waals surface area (Å²) in [6.45, 7) is 2.23. The summed E-state index contributed by atoms with van der Waals surface area (Å²) in [5, 5.41) is 9.34. The van der Waals surface area contributed by atoms with Crippen LogP contribution in [0.2, 0.25) is 0 Å². The number of aromatic hydroxyl groups is 1. The van der Waals surface area contributed by atoms with Gasteiger partial charge >= 0.3 is 0 Å². The first-order chi connectivity index (χ1) is 7.05. The molecule has 0 saturated carbocycles. The van der Waals surface area contributed by atoms with Gasteiger partial charge in [0.1, 0.15) is 5.75 Å². The van der Waals surface area contributed by atoms with Gasteiger partial charge in [-0.25, -0.2) is 0 Å². The Kier molecular flexibility index (Phi) is 3.93. The highest BCUT2D eigenvalue weighted by atomic mass is 32.2. The maximum absolute atomic E-state index is 11.4. The van der Waals surface area contributed by atoms with Crippen LogP contribution in [0.1, 0.15) is 13.3 Å². The van der Waals surface area contributed by atoms with Crippen LogP contribution in [0.5, 0.6) is 5.75 Å². The van der Waals surface area contributed by atoms with E-state index in [0.717, 1.165) is 0 Å². The van der Waals surface area contributed by atoms with Gasteiger partial charge in [0.05, 0.1) is 5.69 Å². The van der Waals surface area contributed by atoms with E-state index in [1.807, 2.05) is 6.92 Å². The minimum Gasteiger partial charge on any atom is -0.506 e. The topological polar surface area (TPSA) is 78.4 Å². The smallest absolute Gasteiger partial charge is 0.299 e. The summed E-state index contributed by atoms with van der Waals surface area (Å²) in [4.78, 5) is 0. The molecule has 0 radical (unpaired) electrons. The van der Waals surface area contributed by atoms with Gasteiger partial charge in [0.15, 0.2) is 0 Å². The molecule has 3 N–H and O–H groups in total. The maximum Gasteiger partial charge on any atom is 0.299 e. The van der Waals surface area contributed by atoms with E-state index in [4.69, 9.17) is 0 Å². The predicted octanol–water partition coefficient (Wildman–Crippen LogP) is 1.05. The molecule has 0 spiro atoms. The van der Waals surface area contributed by atoms with Gasteiger partial charge in [0.25, 0.3) is 10.2 Å². The van der Waals surface area contributed by atoms with Crippen LogP contribution in [0.4, 0.5) is 5.69 Å². The molecular formula is C9H14N2O3S. The number of benzene rings is 1. The fourth-order valence-corrected chi connectivity index (χ4v) is 1.98. The van der Waals surface area contributed by atoms with Gasteiger partial charge in [-0.1, -0.05) is 19.1 Å². The zero-order chi connectivity index (χ0) is 11.3. The number of rotatable bonds is 5. The lowest BCUT2D eigenvalue weighted by molar-refractivity contribution is 0.477. The normalized spacial score (nSPS) is 11.3. The van der Waals surface area contributed by atoms with Gasteiger partial charge in [0, 0.05) is 6.54 Å². The van der Waals surface area contributed by atoms with Gasteiger partial charge in [0.2, 0.25) is 0 Å². The van der Waals surface area contributed by atoms with E-state index in [9.17, 15) is 13.5 Å². The molecule has 0 aromatic heterocycles. The van der Waals surface area contributed by atoms with Crippen molar-refractivity contribution < 1.29 is 13.5 Å². The van der Waals surface area contributed by atoms with Crippen molar-refractivity contribution in [1.29, 1.82) is 0 Å². The molecule has 84 valence electrons. The van der Waals surface area contributed by atoms with Crippen LogP contribution in [0.25, 0.3) is 0 Å². The largest absolute Gasteiger partial charge is 0.506 e. The minimum atomic E-state index is -3.58. The standard InChI is InChI=1S/C9H14N2O3S/c1-2-7-10-15(13,14)11-8-5-3-4-6-9(8)12/h3-6,10-12H,2,7H2,1H3. The molecule has 6 heteroatoms. The van der Waals surface area contributed by atoms with Gasteiger partial charge in [-0.2, -0.15) is 13.1 Å². The highest BCUT2D eigenvalue weighted by Gasteiger charge is 2.10. The third kappa shape index (κ3) is 3.77. The number of para-hydroxylation sites is 2. The summed E-state index contributed by atoms with van der Waals surface area (Å²) in [6, 6.07) is 6.15. The fraction of sp³-hybridized carbons (Fsp3) is 0.333. The zero-order valence-corrected chi connectivity index (χ0v) is 9.21. The Hall–Kier alpha value is -1.27. The Morgan fingerprint density at radius 1 is 1.33 bits per heavy atom. The van der Waals surface area contributed by atoms with Gasteiger partial charge in [-0.05, 0) is 18.6 Å². The molecule has 0 atom stereocenters. The quantitative estimate of drug-likeness (QED) is 0.661. The number of phenols is 1. The molecule has 0 bridgehead atoms. The lowest BCUT2D eigenvalue weighted by Crippen LogP contribution is -2.30. The van der Waals surface area contributed by atoms with E-state index >= 15 is 0 Å². The molecule has 1 aromatic rings. The number of nitrogens with one attached hydrogen (secondary N) is 2. The van der Waals surface area contributed by atoms with E-state index in [1.165, 1.54) is 12.1 Å². The van der Waals surface area contributed by atoms with Crippen LogP contribution in [0.15, 0.2) is 24.3 Å². The van der Waals surface area contributed by atoms with Crippen LogP contribution in [0.3, 0.4) is 0 Å². The van der Waals surface area contributed by atoms with Crippen molar-refractivity contribution in [1.82, 2.24) is 4.72 Å². The van der Waals surface area contributed by atoms with Crippen LogP contribution < -0.4 is 9.44 Å². The van der Waals surface area contributed by atoms with Gasteiger partial charge in [-0.15, -0.1) is 0 Å². The van der Waals surface area contributed by atoms with Crippen LogP contribution in [-0.4, -0.2) is 20.1 Å². The molecule has 5 nitrogen and oxygen atoms in total. The Labute approximate surface area is 89.3 Å². The van der Waals surface area contributed by atoms with Gasteiger partial charge in [-0.3, -0.25) is 4.72 Å². The van der Waals surface area contributed by atoms with Crippen LogP contribution >= 0.6 is 0 Å². The summed E-state index contributed by atoms with van der Waals surface area (Å²) in [5.41, 5.74) is 0.168. The van der Waals surface area contributed by atoms with Crippen molar-refractivity contribution in [3.63, 3.8) is 0 Å². The Bertz CT molecular complexity index is 417. The van der Waals surface area contributed by atoms with Crippen molar-refractivity contribution in [2.75, 3.05) is 11.3 Å². The third-order valence-electron chi connectivity index (χ3n) is 1.69. The summed E-state index contributed by atoms with van der Waals surface area (Å²) < 4.78 is 27.3. The fourth-order valence-electron chi connectivity index (χ4n) is 0.977. The first-order valence-corrected chi connectivity index (χ1v) is 6.09. The molecule has 0 heterocycles. The van der Waals surface area contributed by atoms with Crippen LogP contribution in [-0.2, 0) is 10.2 Å². The van der Waals surface area contributed by atoms with E-state index in [0.29, 0.717) is 13.0 Å². The molecule has 1 aromatic carbocycles. The average molecular weight is 230 g/mol. The molecule has 0 aliphatic heterocycles. The highest BCUT2D eigenvalue weighted by molar-refractivity contribution is 7.90. The Morgan fingerprint density at radius 3 is 2.60 bits per heavy atom. The predicted molar refractivity (Wildman–Crippen MR) is 58.9 cm³/mol. The minimum absolute atomic E-state index is 0.0978. The molecule has 0 amide bonds. The van der Waals surface area contributed by atoms with Crippen molar-refractivity contribution in [3.05, 3.63) is 24.3 Å². The van der Waals surface area contributed by atoms with Gasteiger partial charge < -0.3 is 5.11 Å². The zero-order valence-electron chi connectivity index (χ0n) is 8.40. The summed E-state index contributed by atoms with van der Waals surface area (Å²) >= 11 is 0. The molecule has 0 unspecified atom stereocenters. The second-order valence-corrected chi connectivity index (χ2v) is 4.52. The molecule has 0 saturated heterocycles. The lowest BCUT2D eigenvalue weighted by atomic mass is 10.3. The number of hydrogen-bond acceptors (Lipinski definition) is 3. The molecule has 0 aliphatic carbocycles. The Balaban J connectivity index is 2.74. The summed E-state index contributed by atoms with van der Waals surface area (Å²) in [7, 11) is -3.58. The van der Waals surface area contributed by atoms with E-state index in [1.54, 1.807) is 12.1 Å².